The second-order valence-electron chi connectivity index (χ2n) is 12.4. The molecule has 2 aromatic rings. The van der Waals surface area contributed by atoms with Gasteiger partial charge in [-0.2, -0.15) is 0 Å². The SMILES string of the molecule is C[C@H](O)C(=O)Nc1cccc(CN2C(=O)[C@]3(O[C@H](CC(=O)N4CCC[C@H]4CO)[C@@H]([Si](C)(C)O)[C@@H]3C)c3ccccc32)c1. The molecule has 3 heterocycles. The van der Waals surface area contributed by atoms with Gasteiger partial charge in [0.05, 0.1) is 37.4 Å². The van der Waals surface area contributed by atoms with E-state index in [-0.39, 0.29) is 43.0 Å². The molecule has 10 nitrogen and oxygen atoms in total. The zero-order valence-electron chi connectivity index (χ0n) is 24.6. The zero-order chi connectivity index (χ0) is 30.4. The van der Waals surface area contributed by atoms with Crippen LogP contribution in [0.3, 0.4) is 0 Å². The number of rotatable bonds is 8. The summed E-state index contributed by atoms with van der Waals surface area (Å²) >= 11 is 0. The standard InChI is InChI=1S/C31H41N3O7Si/c1-19-28(42(3,4)40)26(16-27(37)33-14-8-11-23(33)18-35)41-31(19)24-12-5-6-13-25(24)34(30(31)39)17-21-9-7-10-22(15-21)32-29(38)20(2)36/h5-7,9-10,12-13,15,19-20,23,26,28,35-36,40H,8,11,14,16-18H2,1-4H3,(H,32,38)/t19-,20-,23-,26+,28-,31+/m0/s1. The lowest BCUT2D eigenvalue weighted by Crippen LogP contribution is -2.46. The molecular weight excluding hydrogens is 554 g/mol. The molecule has 0 bridgehead atoms. The number of fused-ring (bicyclic) bond motifs is 2. The zero-order valence-corrected chi connectivity index (χ0v) is 25.6. The highest BCUT2D eigenvalue weighted by Gasteiger charge is 2.66. The molecule has 1 spiro atoms. The number of ether oxygens (including phenoxy) is 1. The molecule has 5 rings (SSSR count). The highest BCUT2D eigenvalue weighted by Crippen LogP contribution is 2.59. The smallest absolute Gasteiger partial charge is 0.264 e. The maximum absolute atomic E-state index is 14.5. The number of amides is 3. The number of hydrogen-bond donors (Lipinski definition) is 4. The number of anilines is 2. The minimum atomic E-state index is -2.93. The third-order valence-electron chi connectivity index (χ3n) is 9.09. The molecule has 3 amide bonds. The molecule has 0 aliphatic carbocycles. The summed E-state index contributed by atoms with van der Waals surface area (Å²) in [5.74, 6) is -1.30. The molecule has 4 N–H and O–H groups in total. The Balaban J connectivity index is 1.47. The molecule has 11 heteroatoms. The van der Waals surface area contributed by atoms with E-state index in [0.717, 1.165) is 18.4 Å². The first kappa shape index (κ1) is 30.4. The van der Waals surface area contributed by atoms with E-state index in [2.05, 4.69) is 5.32 Å². The molecule has 2 aromatic carbocycles. The van der Waals surface area contributed by atoms with Gasteiger partial charge in [-0.1, -0.05) is 37.3 Å². The third kappa shape index (κ3) is 5.28. The lowest BCUT2D eigenvalue weighted by atomic mass is 9.82. The van der Waals surface area contributed by atoms with E-state index in [0.29, 0.717) is 23.5 Å². The van der Waals surface area contributed by atoms with Crippen molar-refractivity contribution in [3.8, 4) is 0 Å². The summed E-state index contributed by atoms with van der Waals surface area (Å²) in [6.45, 7) is 7.69. The number of aliphatic hydroxyl groups is 2. The van der Waals surface area contributed by atoms with Gasteiger partial charge < -0.3 is 34.9 Å². The summed E-state index contributed by atoms with van der Waals surface area (Å²) in [4.78, 5) is 54.9. The van der Waals surface area contributed by atoms with Gasteiger partial charge in [0, 0.05) is 29.3 Å². The van der Waals surface area contributed by atoms with Crippen molar-refractivity contribution in [1.82, 2.24) is 4.90 Å². The van der Waals surface area contributed by atoms with Gasteiger partial charge in [0.2, 0.25) is 5.91 Å². The minimum absolute atomic E-state index is 0.0325. The van der Waals surface area contributed by atoms with E-state index in [1.807, 2.05) is 50.3 Å². The van der Waals surface area contributed by atoms with Crippen molar-refractivity contribution >= 4 is 37.4 Å². The van der Waals surface area contributed by atoms with Gasteiger partial charge in [0.15, 0.2) is 13.9 Å². The highest BCUT2D eigenvalue weighted by molar-refractivity contribution is 6.71. The summed E-state index contributed by atoms with van der Waals surface area (Å²) in [6, 6.07) is 14.4. The molecule has 0 radical (unpaired) electrons. The van der Waals surface area contributed by atoms with Crippen LogP contribution in [0.25, 0.3) is 0 Å². The first-order valence-corrected chi connectivity index (χ1v) is 17.7. The number of carbonyl (C=O) groups is 3. The number of para-hydroxylation sites is 1. The van der Waals surface area contributed by atoms with Crippen molar-refractivity contribution in [3.63, 3.8) is 0 Å². The van der Waals surface area contributed by atoms with Crippen LogP contribution in [0.2, 0.25) is 18.6 Å². The molecule has 0 saturated carbocycles. The molecule has 2 saturated heterocycles. The molecule has 42 heavy (non-hydrogen) atoms. The van der Waals surface area contributed by atoms with E-state index in [1.54, 1.807) is 28.0 Å². The number of aliphatic hydroxyl groups excluding tert-OH is 2. The predicted octanol–water partition coefficient (Wildman–Crippen LogP) is 2.72. The van der Waals surface area contributed by atoms with Crippen molar-refractivity contribution in [2.45, 2.75) is 82.1 Å². The average molecular weight is 596 g/mol. The Labute approximate surface area is 247 Å². The Hall–Kier alpha value is -3.09. The number of hydrogen-bond acceptors (Lipinski definition) is 7. The van der Waals surface area contributed by atoms with Crippen LogP contribution in [-0.4, -0.2) is 77.3 Å². The van der Waals surface area contributed by atoms with Crippen LogP contribution < -0.4 is 10.2 Å². The quantitative estimate of drug-likeness (QED) is 0.344. The van der Waals surface area contributed by atoms with Crippen LogP contribution in [0.4, 0.5) is 11.4 Å². The molecular formula is C31H41N3O7Si. The second-order valence-corrected chi connectivity index (χ2v) is 16.4. The number of likely N-dealkylation sites (tertiary alicyclic amines) is 1. The molecule has 6 atom stereocenters. The number of carbonyl (C=O) groups excluding carboxylic acids is 3. The molecule has 0 unspecified atom stereocenters. The van der Waals surface area contributed by atoms with Gasteiger partial charge in [0.25, 0.3) is 11.8 Å². The monoisotopic (exact) mass is 595 g/mol. The molecule has 3 aliphatic heterocycles. The maximum Gasteiger partial charge on any atom is 0.264 e. The second kappa shape index (κ2) is 11.5. The van der Waals surface area contributed by atoms with Crippen molar-refractivity contribution in [1.29, 1.82) is 0 Å². The number of benzene rings is 2. The van der Waals surface area contributed by atoms with Crippen LogP contribution >= 0.6 is 0 Å². The van der Waals surface area contributed by atoms with Gasteiger partial charge in [0.1, 0.15) is 6.10 Å². The van der Waals surface area contributed by atoms with Crippen molar-refractivity contribution < 1.29 is 34.1 Å². The summed E-state index contributed by atoms with van der Waals surface area (Å²) in [5.41, 5.74) is 0.956. The first-order chi connectivity index (χ1) is 19.9. The van der Waals surface area contributed by atoms with E-state index in [1.165, 1.54) is 6.92 Å². The fourth-order valence-electron chi connectivity index (χ4n) is 7.21. The molecule has 226 valence electrons. The Morgan fingerprint density at radius 3 is 2.62 bits per heavy atom. The average Bonchev–Trinajstić information content (AvgIpc) is 3.59. The van der Waals surface area contributed by atoms with E-state index in [4.69, 9.17) is 4.74 Å². The predicted molar refractivity (Wildman–Crippen MR) is 160 cm³/mol. The first-order valence-electron chi connectivity index (χ1n) is 14.7. The summed E-state index contributed by atoms with van der Waals surface area (Å²) in [6.07, 6.45) is -0.200. The van der Waals surface area contributed by atoms with Crippen molar-refractivity contribution in [2.75, 3.05) is 23.4 Å². The van der Waals surface area contributed by atoms with E-state index in [9.17, 15) is 29.4 Å². The van der Waals surface area contributed by atoms with Gasteiger partial charge in [-0.3, -0.25) is 14.4 Å². The van der Waals surface area contributed by atoms with Crippen LogP contribution in [0.1, 0.15) is 44.2 Å². The molecule has 2 fully saturated rings. The summed E-state index contributed by atoms with van der Waals surface area (Å²) in [7, 11) is -2.93. The van der Waals surface area contributed by atoms with Gasteiger partial charge in [-0.25, -0.2) is 0 Å². The summed E-state index contributed by atoms with van der Waals surface area (Å²) < 4.78 is 6.76. The topological polar surface area (TPSA) is 140 Å². The lowest BCUT2D eigenvalue weighted by molar-refractivity contribution is -0.150. The van der Waals surface area contributed by atoms with Crippen LogP contribution in [-0.2, 0) is 31.3 Å². The Kier molecular flexibility index (Phi) is 8.34. The van der Waals surface area contributed by atoms with Crippen LogP contribution in [0.5, 0.6) is 0 Å². The highest BCUT2D eigenvalue weighted by atomic mass is 28.4. The largest absolute Gasteiger partial charge is 0.432 e. The number of nitrogens with zero attached hydrogens (tertiary/aromatic N) is 2. The van der Waals surface area contributed by atoms with E-state index < -0.39 is 38.0 Å². The maximum atomic E-state index is 14.5. The lowest BCUT2D eigenvalue weighted by Gasteiger charge is -2.32. The van der Waals surface area contributed by atoms with Gasteiger partial charge in [-0.15, -0.1) is 0 Å². The van der Waals surface area contributed by atoms with Gasteiger partial charge in [-0.05, 0) is 56.6 Å². The number of nitrogens with one attached hydrogen (secondary N) is 1. The third-order valence-corrected chi connectivity index (χ3v) is 11.6. The van der Waals surface area contributed by atoms with E-state index >= 15 is 0 Å². The van der Waals surface area contributed by atoms with Crippen molar-refractivity contribution in [3.05, 3.63) is 59.7 Å². The van der Waals surface area contributed by atoms with Crippen LogP contribution in [0, 0.1) is 5.92 Å². The Morgan fingerprint density at radius 1 is 1.19 bits per heavy atom. The Bertz CT molecular complexity index is 1360. The normalized spacial score (nSPS) is 27.9. The fourth-order valence-corrected chi connectivity index (χ4v) is 9.76. The molecule has 3 aliphatic rings. The molecule has 0 aromatic heterocycles. The van der Waals surface area contributed by atoms with Gasteiger partial charge >= 0.3 is 0 Å². The fraction of sp³-hybridized carbons (Fsp3) is 0.516. The van der Waals surface area contributed by atoms with Crippen molar-refractivity contribution in [2.24, 2.45) is 5.92 Å². The minimum Gasteiger partial charge on any atom is -0.432 e. The Morgan fingerprint density at radius 2 is 1.93 bits per heavy atom. The van der Waals surface area contributed by atoms with Crippen LogP contribution in [0.15, 0.2) is 48.5 Å². The summed E-state index contributed by atoms with van der Waals surface area (Å²) in [5, 5.41) is 22.0.